The zero-order valence-corrected chi connectivity index (χ0v) is 14.0. The summed E-state index contributed by atoms with van der Waals surface area (Å²) in [5.74, 6) is 1.65. The molecule has 0 unspecified atom stereocenters. The Labute approximate surface area is 128 Å². The summed E-state index contributed by atoms with van der Waals surface area (Å²) in [7, 11) is 0. The van der Waals surface area contributed by atoms with Gasteiger partial charge in [0.1, 0.15) is 11.5 Å². The molecule has 0 atom stereocenters. The molecule has 1 aromatic rings. The fourth-order valence-electron chi connectivity index (χ4n) is 2.70. The molecule has 0 aliphatic carbocycles. The number of alkyl halides is 1. The van der Waals surface area contributed by atoms with Gasteiger partial charge in [-0.15, -0.1) is 0 Å². The number of ether oxygens (including phenoxy) is 1. The number of carbonyl (C=O) groups is 1. The van der Waals surface area contributed by atoms with E-state index in [0.29, 0.717) is 0 Å². The highest BCUT2D eigenvalue weighted by Crippen LogP contribution is 2.24. The Balaban J connectivity index is 1.98. The Morgan fingerprint density at radius 2 is 1.95 bits per heavy atom. The first-order chi connectivity index (χ1) is 9.54. The molecule has 5 heteroatoms. The quantitative estimate of drug-likeness (QED) is 0.788. The summed E-state index contributed by atoms with van der Waals surface area (Å²) in [5, 5.41) is 0.860. The van der Waals surface area contributed by atoms with Crippen LogP contribution in [0.15, 0.2) is 4.42 Å². The summed E-state index contributed by atoms with van der Waals surface area (Å²) < 4.78 is 11.3. The first-order valence-electron chi connectivity index (χ1n) is 7.08. The van der Waals surface area contributed by atoms with Crippen LogP contribution in [0.4, 0.5) is 0 Å². The van der Waals surface area contributed by atoms with Crippen LogP contribution in [0.25, 0.3) is 0 Å². The Morgan fingerprint density at radius 3 is 2.45 bits per heavy atom. The van der Waals surface area contributed by atoms with Crippen LogP contribution in [0.3, 0.4) is 0 Å². The van der Waals surface area contributed by atoms with Crippen molar-refractivity contribution in [3.63, 3.8) is 0 Å². The van der Waals surface area contributed by atoms with Crippen LogP contribution in [0.2, 0.25) is 0 Å². The molecule has 1 aliphatic heterocycles. The molecular formula is C15H22BrNO3. The van der Waals surface area contributed by atoms with Crippen molar-refractivity contribution in [2.45, 2.75) is 39.7 Å². The highest BCUT2D eigenvalue weighted by atomic mass is 79.9. The van der Waals surface area contributed by atoms with E-state index in [1.54, 1.807) is 0 Å². The highest BCUT2D eigenvalue weighted by molar-refractivity contribution is 9.09. The van der Waals surface area contributed by atoms with Crippen molar-refractivity contribution in [1.29, 1.82) is 0 Å². The smallest absolute Gasteiger partial charge is 0.257 e. The van der Waals surface area contributed by atoms with Crippen molar-refractivity contribution in [2.24, 2.45) is 0 Å². The van der Waals surface area contributed by atoms with E-state index >= 15 is 0 Å². The lowest BCUT2D eigenvalue weighted by Crippen LogP contribution is -2.41. The fourth-order valence-corrected chi connectivity index (χ4v) is 2.89. The first kappa shape index (κ1) is 15.6. The van der Waals surface area contributed by atoms with Gasteiger partial charge in [0, 0.05) is 24.0 Å². The fraction of sp³-hybridized carbons (Fsp3) is 0.667. The van der Waals surface area contributed by atoms with Crippen LogP contribution in [0.5, 0.6) is 0 Å². The molecule has 0 bridgehead atoms. The van der Waals surface area contributed by atoms with Crippen molar-refractivity contribution >= 4 is 21.8 Å². The topological polar surface area (TPSA) is 42.7 Å². The molecule has 0 N–H and O–H groups in total. The zero-order valence-electron chi connectivity index (χ0n) is 12.4. The Bertz CT molecular complexity index is 476. The van der Waals surface area contributed by atoms with Crippen molar-refractivity contribution in [3.05, 3.63) is 22.6 Å². The van der Waals surface area contributed by atoms with E-state index in [4.69, 9.17) is 9.15 Å². The van der Waals surface area contributed by atoms with Gasteiger partial charge in [-0.25, -0.2) is 0 Å². The van der Waals surface area contributed by atoms with Crippen LogP contribution >= 0.6 is 15.9 Å². The predicted molar refractivity (Wildman–Crippen MR) is 81.6 cm³/mol. The van der Waals surface area contributed by atoms with E-state index in [9.17, 15) is 4.79 Å². The molecule has 4 nitrogen and oxygen atoms in total. The van der Waals surface area contributed by atoms with Crippen molar-refractivity contribution in [3.8, 4) is 0 Å². The number of amides is 1. The standard InChI is InChI=1S/C15H22BrNO3/c1-10-11(2)20-12(3)14(10)15(18)17-7-4-13(5-8-17)19-9-6-16/h13H,4-9H2,1-3H3. The van der Waals surface area contributed by atoms with Gasteiger partial charge >= 0.3 is 0 Å². The lowest BCUT2D eigenvalue weighted by Gasteiger charge is -2.32. The third kappa shape index (κ3) is 3.26. The molecule has 20 heavy (non-hydrogen) atoms. The van der Waals surface area contributed by atoms with Crippen LogP contribution in [-0.2, 0) is 4.74 Å². The number of hydrogen-bond acceptors (Lipinski definition) is 3. The number of aryl methyl sites for hydroxylation is 2. The Morgan fingerprint density at radius 1 is 1.30 bits per heavy atom. The summed E-state index contributed by atoms with van der Waals surface area (Å²) in [6.45, 7) is 7.96. The number of nitrogens with zero attached hydrogens (tertiary/aromatic N) is 1. The second kappa shape index (κ2) is 6.76. The number of rotatable bonds is 4. The molecule has 0 aromatic carbocycles. The number of halogens is 1. The van der Waals surface area contributed by atoms with Gasteiger partial charge in [-0.2, -0.15) is 0 Å². The molecule has 0 saturated carbocycles. The lowest BCUT2D eigenvalue weighted by atomic mass is 10.0. The average molecular weight is 344 g/mol. The molecular weight excluding hydrogens is 322 g/mol. The summed E-state index contributed by atoms with van der Waals surface area (Å²) in [5.41, 5.74) is 1.70. The van der Waals surface area contributed by atoms with Crippen LogP contribution in [0.1, 0.15) is 40.3 Å². The second-order valence-corrected chi connectivity index (χ2v) is 6.06. The first-order valence-corrected chi connectivity index (χ1v) is 8.20. The molecule has 1 aliphatic rings. The normalized spacial score (nSPS) is 16.7. The maximum Gasteiger partial charge on any atom is 0.257 e. The van der Waals surface area contributed by atoms with Crippen molar-refractivity contribution in [2.75, 3.05) is 25.0 Å². The van der Waals surface area contributed by atoms with Gasteiger partial charge in [0.05, 0.1) is 18.3 Å². The van der Waals surface area contributed by atoms with Crippen LogP contribution in [-0.4, -0.2) is 41.9 Å². The van der Waals surface area contributed by atoms with Gasteiger partial charge in [0.2, 0.25) is 0 Å². The molecule has 0 radical (unpaired) electrons. The van der Waals surface area contributed by atoms with E-state index in [2.05, 4.69) is 15.9 Å². The molecule has 0 spiro atoms. The Kier molecular flexibility index (Phi) is 5.27. The minimum absolute atomic E-state index is 0.0933. The van der Waals surface area contributed by atoms with Crippen LogP contribution in [0, 0.1) is 20.8 Å². The zero-order chi connectivity index (χ0) is 14.7. The van der Waals surface area contributed by atoms with E-state index in [-0.39, 0.29) is 12.0 Å². The van der Waals surface area contributed by atoms with Gasteiger partial charge in [-0.3, -0.25) is 4.79 Å². The average Bonchev–Trinajstić information content (AvgIpc) is 2.70. The largest absolute Gasteiger partial charge is 0.466 e. The maximum absolute atomic E-state index is 12.6. The summed E-state index contributed by atoms with van der Waals surface area (Å²) in [6, 6.07) is 0. The highest BCUT2D eigenvalue weighted by Gasteiger charge is 2.27. The minimum atomic E-state index is 0.0933. The molecule has 2 heterocycles. The van der Waals surface area contributed by atoms with Crippen molar-refractivity contribution in [1.82, 2.24) is 4.90 Å². The predicted octanol–water partition coefficient (Wildman–Crippen LogP) is 3.22. The number of carbonyl (C=O) groups excluding carboxylic acids is 1. The third-order valence-electron chi connectivity index (χ3n) is 3.94. The summed E-state index contributed by atoms with van der Waals surface area (Å²) >= 11 is 3.36. The maximum atomic E-state index is 12.6. The molecule has 112 valence electrons. The van der Waals surface area contributed by atoms with Crippen LogP contribution < -0.4 is 0 Å². The third-order valence-corrected chi connectivity index (χ3v) is 4.26. The SMILES string of the molecule is Cc1oc(C)c(C(=O)N2CCC(OCCBr)CC2)c1C. The van der Waals surface area contributed by atoms with E-state index in [0.717, 1.165) is 60.5 Å². The molecule has 1 saturated heterocycles. The molecule has 2 rings (SSSR count). The van der Waals surface area contributed by atoms with E-state index < -0.39 is 0 Å². The van der Waals surface area contributed by atoms with Crippen molar-refractivity contribution < 1.29 is 13.9 Å². The van der Waals surface area contributed by atoms with Gasteiger partial charge < -0.3 is 14.1 Å². The number of likely N-dealkylation sites (tertiary alicyclic amines) is 1. The van der Waals surface area contributed by atoms with Gasteiger partial charge in [-0.1, -0.05) is 15.9 Å². The molecule has 1 amide bonds. The van der Waals surface area contributed by atoms with Gasteiger partial charge in [-0.05, 0) is 33.6 Å². The summed E-state index contributed by atoms with van der Waals surface area (Å²) in [4.78, 5) is 14.5. The minimum Gasteiger partial charge on any atom is -0.466 e. The second-order valence-electron chi connectivity index (χ2n) is 5.27. The van der Waals surface area contributed by atoms with E-state index in [1.807, 2.05) is 25.7 Å². The van der Waals surface area contributed by atoms with E-state index in [1.165, 1.54) is 0 Å². The number of piperidine rings is 1. The summed E-state index contributed by atoms with van der Waals surface area (Å²) in [6.07, 6.45) is 2.10. The lowest BCUT2D eigenvalue weighted by molar-refractivity contribution is 0.0159. The number of furan rings is 1. The number of hydrogen-bond donors (Lipinski definition) is 0. The monoisotopic (exact) mass is 343 g/mol. The Hall–Kier alpha value is -0.810. The van der Waals surface area contributed by atoms with Gasteiger partial charge in [0.25, 0.3) is 5.91 Å². The molecule has 1 fully saturated rings. The van der Waals surface area contributed by atoms with Gasteiger partial charge in [0.15, 0.2) is 0 Å². The molecule has 1 aromatic heterocycles.